The number of anilines is 1. The van der Waals surface area contributed by atoms with Crippen molar-refractivity contribution in [3.8, 4) is 17.2 Å². The number of hydrogen-bond donors (Lipinski definition) is 1. The number of rotatable bonds is 8. The number of carbonyl (C=O) groups excluding carboxylic acids is 1. The molecule has 0 aromatic heterocycles. The molecular weight excluding hydrogens is 354 g/mol. The molecule has 0 saturated carbocycles. The molecule has 2 aromatic carbocycles. The lowest BCUT2D eigenvalue weighted by Crippen LogP contribution is -2.20. The first-order chi connectivity index (χ1) is 12.5. The van der Waals surface area contributed by atoms with Crippen LogP contribution in [0.15, 0.2) is 36.4 Å². The van der Waals surface area contributed by atoms with Gasteiger partial charge in [0, 0.05) is 12.1 Å². The van der Waals surface area contributed by atoms with Crippen molar-refractivity contribution in [1.82, 2.24) is 0 Å². The molecule has 0 heterocycles. The number of methoxy groups -OCH3 is 2. The summed E-state index contributed by atoms with van der Waals surface area (Å²) in [7, 11) is 3.01. The average Bonchev–Trinajstić information content (AvgIpc) is 2.67. The maximum Gasteiger partial charge on any atom is 0.262 e. The average molecular weight is 378 g/mol. The van der Waals surface area contributed by atoms with Crippen LogP contribution < -0.4 is 19.5 Å². The predicted octanol–water partition coefficient (Wildman–Crippen LogP) is 4.89. The lowest BCUT2D eigenvalue weighted by molar-refractivity contribution is -0.118. The highest BCUT2D eigenvalue weighted by atomic mass is 35.5. The monoisotopic (exact) mass is 377 g/mol. The van der Waals surface area contributed by atoms with E-state index in [1.807, 2.05) is 24.3 Å². The first-order valence-corrected chi connectivity index (χ1v) is 8.80. The number of carbonyl (C=O) groups is 1. The van der Waals surface area contributed by atoms with Crippen molar-refractivity contribution >= 4 is 23.2 Å². The summed E-state index contributed by atoms with van der Waals surface area (Å²) in [5.41, 5.74) is 1.72. The number of ether oxygens (including phenoxy) is 3. The molecule has 0 spiro atoms. The Balaban J connectivity index is 1.99. The van der Waals surface area contributed by atoms with Crippen LogP contribution in [0.3, 0.4) is 0 Å². The standard InChI is InChI=1S/C20H24ClNO4/c1-5-13(2)14-6-8-15(9-7-14)26-12-20(23)22-17-11-18(24-3)16(21)10-19(17)25-4/h6-11,13H,5,12H2,1-4H3,(H,22,23)/t13-/m1/s1. The van der Waals surface area contributed by atoms with E-state index in [2.05, 4.69) is 19.2 Å². The highest BCUT2D eigenvalue weighted by Crippen LogP contribution is 2.35. The third-order valence-electron chi connectivity index (χ3n) is 4.18. The first-order valence-electron chi connectivity index (χ1n) is 8.42. The van der Waals surface area contributed by atoms with Crippen molar-refractivity contribution in [3.63, 3.8) is 0 Å². The molecule has 1 atom stereocenters. The van der Waals surface area contributed by atoms with Crippen LogP contribution in [0.1, 0.15) is 31.7 Å². The normalized spacial score (nSPS) is 11.6. The zero-order chi connectivity index (χ0) is 19.1. The van der Waals surface area contributed by atoms with E-state index < -0.39 is 0 Å². The molecule has 1 N–H and O–H groups in total. The molecule has 140 valence electrons. The second kappa shape index (κ2) is 9.34. The highest BCUT2D eigenvalue weighted by molar-refractivity contribution is 6.32. The Hall–Kier alpha value is -2.40. The Bertz CT molecular complexity index is 746. The van der Waals surface area contributed by atoms with Gasteiger partial charge in [0.2, 0.25) is 0 Å². The summed E-state index contributed by atoms with van der Waals surface area (Å²) in [6.07, 6.45) is 1.08. The van der Waals surface area contributed by atoms with E-state index in [1.165, 1.54) is 19.8 Å². The first kappa shape index (κ1) is 19.9. The zero-order valence-corrected chi connectivity index (χ0v) is 16.2. The van der Waals surface area contributed by atoms with Crippen LogP contribution in [0.2, 0.25) is 5.02 Å². The molecule has 26 heavy (non-hydrogen) atoms. The van der Waals surface area contributed by atoms with E-state index in [0.717, 1.165) is 6.42 Å². The van der Waals surface area contributed by atoms with E-state index in [0.29, 0.717) is 33.9 Å². The molecule has 5 nitrogen and oxygen atoms in total. The van der Waals surface area contributed by atoms with Crippen LogP contribution in [-0.4, -0.2) is 26.7 Å². The smallest absolute Gasteiger partial charge is 0.262 e. The molecule has 0 bridgehead atoms. The summed E-state index contributed by atoms with van der Waals surface area (Å²) in [5, 5.41) is 3.15. The third-order valence-corrected chi connectivity index (χ3v) is 4.47. The zero-order valence-electron chi connectivity index (χ0n) is 15.5. The fourth-order valence-electron chi connectivity index (χ4n) is 2.42. The van der Waals surface area contributed by atoms with Gasteiger partial charge in [-0.2, -0.15) is 0 Å². The molecule has 6 heteroatoms. The summed E-state index contributed by atoms with van der Waals surface area (Å²) in [6, 6.07) is 11.0. The summed E-state index contributed by atoms with van der Waals surface area (Å²) in [6.45, 7) is 4.22. The number of halogens is 1. The van der Waals surface area contributed by atoms with Gasteiger partial charge in [0.15, 0.2) is 6.61 Å². The molecule has 2 rings (SSSR count). The van der Waals surface area contributed by atoms with Crippen LogP contribution in [0.25, 0.3) is 0 Å². The summed E-state index contributed by atoms with van der Waals surface area (Å²) in [4.78, 5) is 12.2. The van der Waals surface area contributed by atoms with Gasteiger partial charge < -0.3 is 19.5 Å². The van der Waals surface area contributed by atoms with Gasteiger partial charge in [-0.25, -0.2) is 0 Å². The minimum absolute atomic E-state index is 0.114. The second-order valence-electron chi connectivity index (χ2n) is 5.90. The Labute approximate surface area is 159 Å². The largest absolute Gasteiger partial charge is 0.495 e. The van der Waals surface area contributed by atoms with Gasteiger partial charge in [-0.3, -0.25) is 4.79 Å². The van der Waals surface area contributed by atoms with Gasteiger partial charge in [-0.1, -0.05) is 37.6 Å². The maximum atomic E-state index is 12.2. The van der Waals surface area contributed by atoms with Crippen molar-refractivity contribution in [2.75, 3.05) is 26.1 Å². The van der Waals surface area contributed by atoms with Crippen molar-refractivity contribution < 1.29 is 19.0 Å². The van der Waals surface area contributed by atoms with E-state index in [4.69, 9.17) is 25.8 Å². The summed E-state index contributed by atoms with van der Waals surface area (Å²) in [5.74, 6) is 1.73. The van der Waals surface area contributed by atoms with E-state index in [-0.39, 0.29) is 12.5 Å². The van der Waals surface area contributed by atoms with Crippen LogP contribution in [-0.2, 0) is 4.79 Å². The molecule has 0 aliphatic carbocycles. The minimum atomic E-state index is -0.307. The number of hydrogen-bond acceptors (Lipinski definition) is 4. The molecule has 0 fully saturated rings. The highest BCUT2D eigenvalue weighted by Gasteiger charge is 2.13. The number of amides is 1. The Morgan fingerprint density at radius 3 is 2.35 bits per heavy atom. The summed E-state index contributed by atoms with van der Waals surface area (Å²) < 4.78 is 16.0. The van der Waals surface area contributed by atoms with Crippen molar-refractivity contribution in [3.05, 3.63) is 47.0 Å². The Kier molecular flexibility index (Phi) is 7.16. The van der Waals surface area contributed by atoms with Crippen LogP contribution in [0, 0.1) is 0 Å². The Morgan fingerprint density at radius 1 is 1.12 bits per heavy atom. The number of nitrogens with one attached hydrogen (secondary N) is 1. The second-order valence-corrected chi connectivity index (χ2v) is 6.31. The van der Waals surface area contributed by atoms with E-state index in [1.54, 1.807) is 12.1 Å². The number of benzene rings is 2. The maximum absolute atomic E-state index is 12.2. The van der Waals surface area contributed by atoms with Gasteiger partial charge in [0.25, 0.3) is 5.91 Å². The van der Waals surface area contributed by atoms with E-state index in [9.17, 15) is 4.79 Å². The Morgan fingerprint density at radius 2 is 1.77 bits per heavy atom. The topological polar surface area (TPSA) is 56.8 Å². The molecular formula is C20H24ClNO4. The van der Waals surface area contributed by atoms with Gasteiger partial charge >= 0.3 is 0 Å². The SMILES string of the molecule is CC[C@@H](C)c1ccc(OCC(=O)Nc2cc(OC)c(Cl)cc2OC)cc1. The van der Waals surface area contributed by atoms with Gasteiger partial charge in [0.05, 0.1) is 24.9 Å². The molecule has 0 radical (unpaired) electrons. The molecule has 0 saturated heterocycles. The molecule has 1 amide bonds. The predicted molar refractivity (Wildman–Crippen MR) is 104 cm³/mol. The molecule has 0 aliphatic rings. The third kappa shape index (κ3) is 5.05. The van der Waals surface area contributed by atoms with E-state index >= 15 is 0 Å². The van der Waals surface area contributed by atoms with Crippen LogP contribution in [0.5, 0.6) is 17.2 Å². The minimum Gasteiger partial charge on any atom is -0.495 e. The fraction of sp³-hybridized carbons (Fsp3) is 0.350. The van der Waals surface area contributed by atoms with Crippen molar-refractivity contribution in [1.29, 1.82) is 0 Å². The van der Waals surface area contributed by atoms with Crippen LogP contribution in [0.4, 0.5) is 5.69 Å². The van der Waals surface area contributed by atoms with Crippen LogP contribution >= 0.6 is 11.6 Å². The molecule has 0 aliphatic heterocycles. The van der Waals surface area contributed by atoms with Crippen molar-refractivity contribution in [2.45, 2.75) is 26.2 Å². The lowest BCUT2D eigenvalue weighted by Gasteiger charge is -2.14. The summed E-state index contributed by atoms with van der Waals surface area (Å²) >= 11 is 6.06. The lowest BCUT2D eigenvalue weighted by atomic mass is 9.99. The fourth-order valence-corrected chi connectivity index (χ4v) is 2.65. The molecule has 0 unspecified atom stereocenters. The quantitative estimate of drug-likeness (QED) is 0.711. The van der Waals surface area contributed by atoms with Crippen molar-refractivity contribution in [2.24, 2.45) is 0 Å². The van der Waals surface area contributed by atoms with Gasteiger partial charge in [0.1, 0.15) is 17.2 Å². The van der Waals surface area contributed by atoms with Gasteiger partial charge in [-0.05, 0) is 30.0 Å². The molecule has 2 aromatic rings. The van der Waals surface area contributed by atoms with Gasteiger partial charge in [-0.15, -0.1) is 0 Å².